The summed E-state index contributed by atoms with van der Waals surface area (Å²) in [5, 5.41) is 19.4. The van der Waals surface area contributed by atoms with Gasteiger partial charge in [0.05, 0.1) is 5.69 Å². The molecule has 0 heterocycles. The van der Waals surface area contributed by atoms with E-state index in [-0.39, 0.29) is 11.5 Å². The van der Waals surface area contributed by atoms with Crippen LogP contribution in [0.15, 0.2) is 29.4 Å². The fourth-order valence-corrected chi connectivity index (χ4v) is 1.20. The van der Waals surface area contributed by atoms with Crippen molar-refractivity contribution in [3.8, 4) is 6.07 Å². The number of carbonyl (C=O) groups is 1. The summed E-state index contributed by atoms with van der Waals surface area (Å²) in [5.41, 5.74) is 8.77. The maximum absolute atomic E-state index is 11.4. The number of rotatable bonds is 5. The maximum atomic E-state index is 11.4. The van der Waals surface area contributed by atoms with Gasteiger partial charge >= 0.3 is 0 Å². The Morgan fingerprint density at radius 3 is 2.56 bits per heavy atom. The van der Waals surface area contributed by atoms with Crippen LogP contribution >= 0.6 is 0 Å². The van der Waals surface area contributed by atoms with Crippen molar-refractivity contribution >= 4 is 23.0 Å². The second-order valence-electron chi connectivity index (χ2n) is 3.45. The number of carbonyl (C=O) groups excluding carboxylic acids is 1. The van der Waals surface area contributed by atoms with Gasteiger partial charge in [0.15, 0.2) is 11.6 Å². The first-order valence-electron chi connectivity index (χ1n) is 5.30. The number of nitriles is 1. The van der Waals surface area contributed by atoms with E-state index in [1.807, 2.05) is 0 Å². The quantitative estimate of drug-likeness (QED) is 0.314. The minimum Gasteiger partial charge on any atom is -0.382 e. The minimum absolute atomic E-state index is 0.0616. The molecule has 1 aromatic rings. The van der Waals surface area contributed by atoms with Gasteiger partial charge in [-0.2, -0.15) is 10.4 Å². The summed E-state index contributed by atoms with van der Waals surface area (Å²) in [6.45, 7) is 1.80. The van der Waals surface area contributed by atoms with Gasteiger partial charge in [-0.3, -0.25) is 15.6 Å². The van der Waals surface area contributed by atoms with Gasteiger partial charge in [-0.1, -0.05) is 6.92 Å². The third-order valence-corrected chi connectivity index (χ3v) is 2.19. The van der Waals surface area contributed by atoms with Crippen LogP contribution in [0.1, 0.15) is 23.7 Å². The van der Waals surface area contributed by atoms with Crippen molar-refractivity contribution in [2.75, 3.05) is 5.43 Å². The van der Waals surface area contributed by atoms with E-state index in [2.05, 4.69) is 10.5 Å². The first-order valence-corrected chi connectivity index (χ1v) is 5.30. The molecule has 0 radical (unpaired) electrons. The maximum Gasteiger partial charge on any atom is 0.201 e. The lowest BCUT2D eigenvalue weighted by Crippen LogP contribution is -2.21. The van der Waals surface area contributed by atoms with Crippen LogP contribution in [0.2, 0.25) is 0 Å². The van der Waals surface area contributed by atoms with Crippen LogP contribution < -0.4 is 11.2 Å². The Kier molecular flexibility index (Phi) is 4.58. The molecule has 0 saturated heterocycles. The van der Waals surface area contributed by atoms with E-state index in [9.17, 15) is 4.79 Å². The molecule has 0 unspecified atom stereocenters. The largest absolute Gasteiger partial charge is 0.382 e. The summed E-state index contributed by atoms with van der Waals surface area (Å²) >= 11 is 0. The predicted molar refractivity (Wildman–Crippen MR) is 69.6 cm³/mol. The van der Waals surface area contributed by atoms with Gasteiger partial charge < -0.3 is 5.73 Å². The molecule has 6 nitrogen and oxygen atoms in total. The lowest BCUT2D eigenvalue weighted by atomic mass is 10.1. The molecule has 1 aromatic carbocycles. The number of anilines is 1. The smallest absolute Gasteiger partial charge is 0.201 e. The van der Waals surface area contributed by atoms with Crippen LogP contribution in [-0.4, -0.2) is 17.3 Å². The van der Waals surface area contributed by atoms with Gasteiger partial charge in [0.1, 0.15) is 6.07 Å². The molecule has 0 bridgehead atoms. The Labute approximate surface area is 105 Å². The second-order valence-corrected chi connectivity index (χ2v) is 3.45. The molecule has 0 aliphatic heterocycles. The normalized spacial score (nSPS) is 10.6. The van der Waals surface area contributed by atoms with Gasteiger partial charge in [-0.15, -0.1) is 0 Å². The van der Waals surface area contributed by atoms with Crippen molar-refractivity contribution in [2.45, 2.75) is 13.3 Å². The van der Waals surface area contributed by atoms with Crippen LogP contribution in [0.5, 0.6) is 0 Å². The number of nitrogens with two attached hydrogens (primary N) is 1. The molecule has 0 spiro atoms. The first-order chi connectivity index (χ1) is 8.58. The average molecular weight is 243 g/mol. The van der Waals surface area contributed by atoms with Crippen LogP contribution in [0.3, 0.4) is 0 Å². The zero-order chi connectivity index (χ0) is 13.5. The van der Waals surface area contributed by atoms with Gasteiger partial charge in [0.2, 0.25) is 5.71 Å². The van der Waals surface area contributed by atoms with E-state index in [1.54, 1.807) is 37.3 Å². The van der Waals surface area contributed by atoms with Gasteiger partial charge in [0, 0.05) is 12.0 Å². The molecule has 0 aliphatic rings. The molecule has 1 rings (SSSR count). The average Bonchev–Trinajstić information content (AvgIpc) is 2.39. The van der Waals surface area contributed by atoms with Crippen LogP contribution in [-0.2, 0) is 0 Å². The summed E-state index contributed by atoms with van der Waals surface area (Å²) < 4.78 is 0. The molecule has 6 heteroatoms. The number of benzene rings is 1. The van der Waals surface area contributed by atoms with Crippen LogP contribution in [0, 0.1) is 16.7 Å². The van der Waals surface area contributed by atoms with Crippen molar-refractivity contribution in [3.63, 3.8) is 0 Å². The highest BCUT2D eigenvalue weighted by atomic mass is 16.1. The Hall–Kier alpha value is -2.68. The fourth-order valence-electron chi connectivity index (χ4n) is 1.20. The van der Waals surface area contributed by atoms with E-state index >= 15 is 0 Å². The van der Waals surface area contributed by atoms with Crippen LogP contribution in [0.4, 0.5) is 5.69 Å². The summed E-state index contributed by atoms with van der Waals surface area (Å²) in [6, 6.07) is 8.37. The molecule has 0 aliphatic carbocycles. The Morgan fingerprint density at radius 1 is 1.50 bits per heavy atom. The third kappa shape index (κ3) is 3.42. The number of hydrogen-bond acceptors (Lipinski definition) is 5. The number of nitrogens with zero attached hydrogens (tertiary/aromatic N) is 2. The number of hydrogen-bond donors (Lipinski definition) is 3. The van der Waals surface area contributed by atoms with Gasteiger partial charge in [-0.25, -0.2) is 0 Å². The van der Waals surface area contributed by atoms with Gasteiger partial charge in [-0.05, 0) is 24.3 Å². The van der Waals surface area contributed by atoms with Crippen molar-refractivity contribution in [1.82, 2.24) is 0 Å². The molecule has 0 fully saturated rings. The zero-order valence-electron chi connectivity index (χ0n) is 9.90. The molecule has 0 atom stereocenters. The topological polar surface area (TPSA) is 115 Å². The second kappa shape index (κ2) is 6.15. The van der Waals surface area contributed by atoms with Crippen LogP contribution in [0.25, 0.3) is 0 Å². The van der Waals surface area contributed by atoms with E-state index in [1.165, 1.54) is 0 Å². The molecular formula is C12H13N5O. The molecule has 18 heavy (non-hydrogen) atoms. The van der Waals surface area contributed by atoms with Crippen molar-refractivity contribution in [3.05, 3.63) is 29.8 Å². The summed E-state index contributed by atoms with van der Waals surface area (Å²) in [7, 11) is 0. The summed E-state index contributed by atoms with van der Waals surface area (Å²) in [6.07, 6.45) is 0.452. The number of amidine groups is 1. The molecule has 92 valence electrons. The van der Waals surface area contributed by atoms with Crippen molar-refractivity contribution in [2.24, 2.45) is 10.8 Å². The molecule has 0 aromatic heterocycles. The monoisotopic (exact) mass is 243 g/mol. The lowest BCUT2D eigenvalue weighted by molar-refractivity contribution is 0.0988. The number of nitrogens with one attached hydrogen (secondary N) is 2. The van der Waals surface area contributed by atoms with Gasteiger partial charge in [0.25, 0.3) is 0 Å². The summed E-state index contributed by atoms with van der Waals surface area (Å²) in [5.74, 6) is -0.339. The highest BCUT2D eigenvalue weighted by Gasteiger charge is 2.03. The van der Waals surface area contributed by atoms with Crippen molar-refractivity contribution < 1.29 is 4.79 Å². The molecule has 0 amide bonds. The van der Waals surface area contributed by atoms with Crippen molar-refractivity contribution in [1.29, 1.82) is 10.7 Å². The summed E-state index contributed by atoms with van der Waals surface area (Å²) in [4.78, 5) is 11.4. The highest BCUT2D eigenvalue weighted by Crippen LogP contribution is 2.11. The molecule has 0 saturated carbocycles. The highest BCUT2D eigenvalue weighted by molar-refractivity contribution is 6.45. The first kappa shape index (κ1) is 13.4. The standard InChI is InChI=1S/C12H13N5O/c1-2-11(18)8-3-5-9(6-4-8)16-17-10(7-13)12(14)15/h3-6,16H,2H2,1H3,(H3,14,15)/b17-10+. The van der Waals surface area contributed by atoms with E-state index in [0.717, 1.165) is 0 Å². The number of ketones is 1. The Morgan fingerprint density at radius 2 is 2.11 bits per heavy atom. The number of hydrazone groups is 1. The van der Waals surface area contributed by atoms with E-state index in [0.29, 0.717) is 17.7 Å². The predicted octanol–water partition coefficient (Wildman–Crippen LogP) is 1.51. The fraction of sp³-hybridized carbons (Fsp3) is 0.167. The van der Waals surface area contributed by atoms with E-state index < -0.39 is 5.84 Å². The Bertz CT molecular complexity index is 524. The molecular weight excluding hydrogens is 230 g/mol. The third-order valence-electron chi connectivity index (χ3n) is 2.19. The number of Topliss-reactive ketones (excluding diaryl/α,β-unsaturated/α-hetero) is 1. The van der Waals surface area contributed by atoms with E-state index in [4.69, 9.17) is 16.4 Å². The minimum atomic E-state index is -0.400. The SMILES string of the molecule is CCC(=O)c1ccc(N/N=C(\C#N)C(=N)N)cc1. The molecule has 4 N–H and O–H groups in total. The lowest BCUT2D eigenvalue weighted by Gasteiger charge is -2.02. The Balaban J connectivity index is 2.79. The zero-order valence-corrected chi connectivity index (χ0v) is 9.90.